The van der Waals surface area contributed by atoms with Crippen LogP contribution in [0.2, 0.25) is 0 Å². The minimum absolute atomic E-state index is 0.148. The molecule has 1 aromatic carbocycles. The maximum Gasteiger partial charge on any atom is 0.334 e. The van der Waals surface area contributed by atoms with Gasteiger partial charge in [-0.25, -0.2) is 9.59 Å². The summed E-state index contributed by atoms with van der Waals surface area (Å²) in [7, 11) is 1.27. The van der Waals surface area contributed by atoms with Crippen molar-refractivity contribution in [2.75, 3.05) is 7.11 Å². The third-order valence-electron chi connectivity index (χ3n) is 2.88. The van der Waals surface area contributed by atoms with Crippen molar-refractivity contribution in [2.45, 2.75) is 25.9 Å². The Hall–Kier alpha value is -2.36. The second-order valence-corrected chi connectivity index (χ2v) is 4.84. The molecule has 0 aliphatic rings. The van der Waals surface area contributed by atoms with Gasteiger partial charge in [0.05, 0.1) is 13.2 Å². The largest absolute Gasteiger partial charge is 0.466 e. The van der Waals surface area contributed by atoms with Gasteiger partial charge in [-0.2, -0.15) is 0 Å². The van der Waals surface area contributed by atoms with Crippen LogP contribution in [-0.4, -0.2) is 25.2 Å². The van der Waals surface area contributed by atoms with Crippen LogP contribution >= 0.6 is 0 Å². The third kappa shape index (κ3) is 4.31. The molecule has 4 heteroatoms. The van der Waals surface area contributed by atoms with Crippen molar-refractivity contribution in [1.29, 1.82) is 0 Å². The highest BCUT2D eigenvalue weighted by atomic mass is 16.5. The SMILES string of the molecule is C=C(C(=O)OC)[C@H](C(=C)C(=O)OC(C)C)c1ccccc1. The van der Waals surface area contributed by atoms with E-state index in [1.54, 1.807) is 26.0 Å². The van der Waals surface area contributed by atoms with Gasteiger partial charge in [0.2, 0.25) is 0 Å². The van der Waals surface area contributed by atoms with Crippen LogP contribution in [0.25, 0.3) is 0 Å². The predicted octanol–water partition coefficient (Wildman–Crippen LogP) is 3.01. The molecule has 21 heavy (non-hydrogen) atoms. The number of ether oxygens (including phenoxy) is 2. The van der Waals surface area contributed by atoms with Gasteiger partial charge < -0.3 is 9.47 Å². The molecule has 0 saturated carbocycles. The van der Waals surface area contributed by atoms with Crippen LogP contribution in [0.3, 0.4) is 0 Å². The Morgan fingerprint density at radius 3 is 2.00 bits per heavy atom. The lowest BCUT2D eigenvalue weighted by Crippen LogP contribution is -2.21. The average Bonchev–Trinajstić information content (AvgIpc) is 2.46. The summed E-state index contributed by atoms with van der Waals surface area (Å²) in [5, 5.41) is 0. The lowest BCUT2D eigenvalue weighted by molar-refractivity contribution is -0.142. The number of benzene rings is 1. The topological polar surface area (TPSA) is 52.6 Å². The van der Waals surface area contributed by atoms with Gasteiger partial charge in [0.15, 0.2) is 0 Å². The molecule has 4 nitrogen and oxygen atoms in total. The highest BCUT2D eigenvalue weighted by molar-refractivity contribution is 5.97. The smallest absolute Gasteiger partial charge is 0.334 e. The molecule has 0 bridgehead atoms. The molecular weight excluding hydrogens is 268 g/mol. The predicted molar refractivity (Wildman–Crippen MR) is 80.7 cm³/mol. The normalized spacial score (nSPS) is 11.6. The molecule has 0 saturated heterocycles. The van der Waals surface area contributed by atoms with E-state index in [1.165, 1.54) is 7.11 Å². The first-order chi connectivity index (χ1) is 9.88. The summed E-state index contributed by atoms with van der Waals surface area (Å²) < 4.78 is 9.84. The summed E-state index contributed by atoms with van der Waals surface area (Å²) in [6.45, 7) is 11.0. The van der Waals surface area contributed by atoms with Crippen molar-refractivity contribution in [2.24, 2.45) is 0 Å². The molecule has 0 amide bonds. The average molecular weight is 288 g/mol. The van der Waals surface area contributed by atoms with Crippen LogP contribution in [0, 0.1) is 0 Å². The number of hydrogen-bond acceptors (Lipinski definition) is 4. The molecule has 112 valence electrons. The van der Waals surface area contributed by atoms with Crippen molar-refractivity contribution in [1.82, 2.24) is 0 Å². The van der Waals surface area contributed by atoms with Gasteiger partial charge in [-0.1, -0.05) is 43.5 Å². The van der Waals surface area contributed by atoms with E-state index < -0.39 is 17.9 Å². The van der Waals surface area contributed by atoms with Crippen molar-refractivity contribution in [3.63, 3.8) is 0 Å². The minimum atomic E-state index is -0.662. The zero-order valence-corrected chi connectivity index (χ0v) is 12.6. The number of rotatable bonds is 6. The Bertz CT molecular complexity index is 543. The van der Waals surface area contributed by atoms with Gasteiger partial charge >= 0.3 is 11.9 Å². The lowest BCUT2D eigenvalue weighted by Gasteiger charge is -2.21. The number of esters is 2. The monoisotopic (exact) mass is 288 g/mol. The van der Waals surface area contributed by atoms with E-state index in [4.69, 9.17) is 9.47 Å². The zero-order valence-electron chi connectivity index (χ0n) is 12.6. The van der Waals surface area contributed by atoms with Crippen molar-refractivity contribution in [3.8, 4) is 0 Å². The first kappa shape index (κ1) is 16.7. The fourth-order valence-electron chi connectivity index (χ4n) is 1.91. The van der Waals surface area contributed by atoms with E-state index in [2.05, 4.69) is 13.2 Å². The van der Waals surface area contributed by atoms with Crippen LogP contribution in [0.4, 0.5) is 0 Å². The summed E-state index contributed by atoms with van der Waals surface area (Å²) in [5.74, 6) is -1.80. The van der Waals surface area contributed by atoms with Gasteiger partial charge in [0.1, 0.15) is 0 Å². The molecule has 0 aromatic heterocycles. The highest BCUT2D eigenvalue weighted by Gasteiger charge is 2.29. The van der Waals surface area contributed by atoms with E-state index in [-0.39, 0.29) is 17.3 Å². The van der Waals surface area contributed by atoms with Crippen LogP contribution in [0.1, 0.15) is 25.3 Å². The summed E-state index contributed by atoms with van der Waals surface area (Å²) in [6, 6.07) is 9.07. The summed E-state index contributed by atoms with van der Waals surface area (Å²) >= 11 is 0. The summed E-state index contributed by atoms with van der Waals surface area (Å²) in [4.78, 5) is 23.8. The van der Waals surface area contributed by atoms with Gasteiger partial charge in [-0.05, 0) is 19.4 Å². The Balaban J connectivity index is 3.14. The zero-order chi connectivity index (χ0) is 16.0. The van der Waals surface area contributed by atoms with E-state index >= 15 is 0 Å². The number of methoxy groups -OCH3 is 1. The van der Waals surface area contributed by atoms with Crippen LogP contribution in [0.5, 0.6) is 0 Å². The fraction of sp³-hybridized carbons (Fsp3) is 0.294. The van der Waals surface area contributed by atoms with Crippen LogP contribution in [0.15, 0.2) is 54.6 Å². The quantitative estimate of drug-likeness (QED) is 0.596. The summed E-state index contributed by atoms with van der Waals surface area (Å²) in [5.41, 5.74) is 1.04. The number of carbonyl (C=O) groups is 2. The lowest BCUT2D eigenvalue weighted by atomic mass is 9.86. The molecule has 0 spiro atoms. The maximum atomic E-state index is 12.1. The van der Waals surface area contributed by atoms with Gasteiger partial charge in [0, 0.05) is 17.1 Å². The molecule has 1 atom stereocenters. The second-order valence-electron chi connectivity index (χ2n) is 4.84. The first-order valence-corrected chi connectivity index (χ1v) is 6.60. The Labute approximate surface area is 125 Å². The molecule has 0 N–H and O–H groups in total. The fourth-order valence-corrected chi connectivity index (χ4v) is 1.91. The molecule has 0 radical (unpaired) electrons. The second kappa shape index (κ2) is 7.43. The van der Waals surface area contributed by atoms with E-state index in [0.717, 1.165) is 5.56 Å². The van der Waals surface area contributed by atoms with Crippen LogP contribution in [-0.2, 0) is 19.1 Å². The Kier molecular flexibility index (Phi) is 5.91. The standard InChI is InChI=1S/C17H20O4/c1-11(2)21-17(19)13(4)15(12(3)16(18)20-5)14-9-7-6-8-10-14/h6-11,15H,3-4H2,1-2,5H3/t15-/m1/s1. The minimum Gasteiger partial charge on any atom is -0.466 e. The molecular formula is C17H20O4. The summed E-state index contributed by atoms with van der Waals surface area (Å²) in [6.07, 6.45) is -0.267. The van der Waals surface area contributed by atoms with Gasteiger partial charge in [0.25, 0.3) is 0 Å². The Morgan fingerprint density at radius 2 is 1.52 bits per heavy atom. The highest BCUT2D eigenvalue weighted by Crippen LogP contribution is 2.31. The molecule has 0 unspecified atom stereocenters. The molecule has 0 fully saturated rings. The van der Waals surface area contributed by atoms with Crippen molar-refractivity contribution >= 4 is 11.9 Å². The molecule has 1 rings (SSSR count). The van der Waals surface area contributed by atoms with E-state index in [0.29, 0.717) is 0 Å². The van der Waals surface area contributed by atoms with Gasteiger partial charge in [-0.15, -0.1) is 0 Å². The Morgan fingerprint density at radius 1 is 1.00 bits per heavy atom. The van der Waals surface area contributed by atoms with E-state index in [1.807, 2.05) is 18.2 Å². The molecule has 0 heterocycles. The van der Waals surface area contributed by atoms with Crippen molar-refractivity contribution < 1.29 is 19.1 Å². The number of hydrogen-bond donors (Lipinski definition) is 0. The molecule has 1 aromatic rings. The van der Waals surface area contributed by atoms with Crippen molar-refractivity contribution in [3.05, 3.63) is 60.2 Å². The molecule has 0 aliphatic carbocycles. The first-order valence-electron chi connectivity index (χ1n) is 6.60. The van der Waals surface area contributed by atoms with E-state index in [9.17, 15) is 9.59 Å². The third-order valence-corrected chi connectivity index (χ3v) is 2.88. The van der Waals surface area contributed by atoms with Gasteiger partial charge in [-0.3, -0.25) is 0 Å². The number of carbonyl (C=O) groups excluding carboxylic acids is 2. The molecule has 0 aliphatic heterocycles. The maximum absolute atomic E-state index is 12.1. The van der Waals surface area contributed by atoms with Crippen LogP contribution < -0.4 is 0 Å².